The molecule has 0 atom stereocenters. The Balaban J connectivity index is 0.000000111. The molecule has 8 aromatic carbocycles. The molecule has 6 aromatic heterocycles. The predicted molar refractivity (Wildman–Crippen MR) is 352 cm³/mol. The fourth-order valence-corrected chi connectivity index (χ4v) is 11.6. The van der Waals surface area contributed by atoms with Gasteiger partial charge in [0.05, 0.1) is 39.3 Å². The number of halogens is 2. The van der Waals surface area contributed by atoms with Crippen molar-refractivity contribution in [2.75, 3.05) is 24.3 Å². The SMILES string of the molecule is CN(C)c1ccc(/C=C2/C(=O)Nc3ccccc32)cc1.O=Nc1c(-c2c(O)[nH]c3cc(Br)ccc23)[nH]c2ccccc12.O=Nc1c(-c2c(O)[nH]c3ccc(I)cc23)[nH]c2ccccc12.O=Nc1c(-c2c(O)[nH]c3ccccc23)[nH]c2ccccc12. The van der Waals surface area contributed by atoms with Gasteiger partial charge in [-0.25, -0.2) is 0 Å². The van der Waals surface area contributed by atoms with Crippen LogP contribution in [-0.2, 0) is 4.79 Å². The summed E-state index contributed by atoms with van der Waals surface area (Å²) in [6, 6.07) is 57.2. The van der Waals surface area contributed by atoms with Crippen LogP contribution in [0, 0.1) is 18.3 Å². The Hall–Kier alpha value is -10.6. The molecule has 1 amide bonds. The molecule has 10 N–H and O–H groups in total. The summed E-state index contributed by atoms with van der Waals surface area (Å²) < 4.78 is 1.94. The number of nitrogens with one attached hydrogen (secondary N) is 7. The maximum absolute atomic E-state index is 12.0. The summed E-state index contributed by atoms with van der Waals surface area (Å²) >= 11 is 5.62. The van der Waals surface area contributed by atoms with Gasteiger partial charge in [0.25, 0.3) is 5.91 Å². The summed E-state index contributed by atoms with van der Waals surface area (Å²) in [6.45, 7) is 0. The summed E-state index contributed by atoms with van der Waals surface area (Å²) in [4.78, 5) is 66.4. The molecule has 0 spiro atoms. The zero-order valence-corrected chi connectivity index (χ0v) is 48.7. The fourth-order valence-electron chi connectivity index (χ4n) is 10.7. The number of amides is 1. The Bertz CT molecular complexity index is 4970. The number of anilines is 2. The number of nitrogens with zero attached hydrogens (tertiary/aromatic N) is 4. The van der Waals surface area contributed by atoms with Crippen molar-refractivity contribution in [2.45, 2.75) is 0 Å². The van der Waals surface area contributed by atoms with Crippen LogP contribution in [0.5, 0.6) is 17.6 Å². The lowest BCUT2D eigenvalue weighted by Gasteiger charge is -2.11. The van der Waals surface area contributed by atoms with E-state index < -0.39 is 0 Å². The average molecular weight is 1300 g/mol. The molecule has 1 aliphatic heterocycles. The summed E-state index contributed by atoms with van der Waals surface area (Å²) in [6.07, 6.45) is 1.93. The third-order valence-electron chi connectivity index (χ3n) is 14.7. The molecule has 15 rings (SSSR count). The van der Waals surface area contributed by atoms with E-state index in [1.165, 1.54) is 0 Å². The first kappa shape index (κ1) is 55.0. The molecule has 1 aliphatic rings. The van der Waals surface area contributed by atoms with Crippen LogP contribution in [0.15, 0.2) is 202 Å². The number of aromatic nitrogens is 6. The van der Waals surface area contributed by atoms with Crippen LogP contribution in [0.2, 0.25) is 0 Å². The molecule has 85 heavy (non-hydrogen) atoms. The third kappa shape index (κ3) is 10.3. The minimum absolute atomic E-state index is 0.00422. The quantitative estimate of drug-likeness (QED) is 0.0396. The predicted octanol–water partition coefficient (Wildman–Crippen LogP) is 17.9. The Labute approximate surface area is 503 Å². The molecule has 0 unspecified atom stereocenters. The molecule has 0 saturated carbocycles. The van der Waals surface area contributed by atoms with Crippen molar-refractivity contribution < 1.29 is 20.1 Å². The molecule has 0 bridgehead atoms. The standard InChI is InChI=1S/C17H16N2O.C16H10BrN3O2.C16H10IN3O2.C16H11N3O2/c1-19(2)13-9-7-12(8-10-13)11-15-14-5-3-4-6-16(14)18-17(15)20;17-8-5-6-9-12(7-8)19-16(21)13(9)15-14(20-22)10-3-1-2-4-11(10)18-15;17-8-5-6-12-10(7-8)13(16(21)19-12)15-14(20-22)9-3-1-2-4-11(9)18-15;20-16-13(9-5-1-3-7-11(9)18-16)15-14(19-21)10-6-2-4-8-12(10)17-15/h3-11H,1-2H3,(H,18,20);2*1-7,18-19,21H;1-8,17-18,20H/b15-11+;;;. The first-order valence-corrected chi connectivity index (χ1v) is 28.2. The maximum atomic E-state index is 12.0. The van der Waals surface area contributed by atoms with E-state index in [1.54, 1.807) is 0 Å². The van der Waals surface area contributed by atoms with Gasteiger partial charge in [0.2, 0.25) is 0 Å². The second kappa shape index (κ2) is 23.0. The van der Waals surface area contributed by atoms with Crippen LogP contribution < -0.4 is 10.2 Å². The van der Waals surface area contributed by atoms with Gasteiger partial charge in [-0.15, -0.1) is 14.7 Å². The van der Waals surface area contributed by atoms with Gasteiger partial charge in [0.1, 0.15) is 17.1 Å². The molecule has 7 heterocycles. The summed E-state index contributed by atoms with van der Waals surface area (Å²) in [5.41, 5.74) is 13.7. The minimum atomic E-state index is -0.0390. The number of hydrogen-bond acceptors (Lipinski definition) is 11. The molecule has 0 saturated heterocycles. The summed E-state index contributed by atoms with van der Waals surface area (Å²) in [5, 5.41) is 47.9. The minimum Gasteiger partial charge on any atom is -0.494 e. The topological polar surface area (TPSA) is 276 Å². The van der Waals surface area contributed by atoms with Gasteiger partial charge >= 0.3 is 0 Å². The number of fused-ring (bicyclic) bond motifs is 7. The van der Waals surface area contributed by atoms with E-state index in [0.717, 1.165) is 102 Å². The zero-order chi connectivity index (χ0) is 59.0. The van der Waals surface area contributed by atoms with Gasteiger partial charge < -0.3 is 55.4 Å². The lowest BCUT2D eigenvalue weighted by molar-refractivity contribution is -0.110. The number of hydrogen-bond donors (Lipinski definition) is 10. The van der Waals surface area contributed by atoms with E-state index in [0.29, 0.717) is 50.8 Å². The molecule has 418 valence electrons. The van der Waals surface area contributed by atoms with Gasteiger partial charge in [0, 0.05) is 105 Å². The largest absolute Gasteiger partial charge is 0.494 e. The summed E-state index contributed by atoms with van der Waals surface area (Å²) in [5.74, 6) is 0.00792. The highest BCUT2D eigenvalue weighted by Gasteiger charge is 2.26. The summed E-state index contributed by atoms with van der Waals surface area (Å²) in [7, 11) is 4.02. The van der Waals surface area contributed by atoms with Crippen molar-refractivity contribution >= 4 is 150 Å². The smallest absolute Gasteiger partial charge is 0.256 e. The number of carbonyl (C=O) groups is 1. The number of aromatic hydroxyl groups is 3. The Morgan fingerprint density at radius 2 is 0.882 bits per heavy atom. The van der Waals surface area contributed by atoms with Crippen LogP contribution in [0.25, 0.3) is 111 Å². The van der Waals surface area contributed by atoms with Crippen molar-refractivity contribution in [2.24, 2.45) is 15.5 Å². The number of aromatic amines is 6. The molecular formula is C65H47BrIN11O7. The van der Waals surface area contributed by atoms with Gasteiger partial charge in [0.15, 0.2) is 17.6 Å². The van der Waals surface area contributed by atoms with Gasteiger partial charge in [-0.2, -0.15) is 0 Å². The molecule has 20 heteroatoms. The highest BCUT2D eigenvalue weighted by Crippen LogP contribution is 2.47. The van der Waals surface area contributed by atoms with Gasteiger partial charge in [-0.3, -0.25) is 4.79 Å². The number of nitroso groups, excluding NO2 is 3. The van der Waals surface area contributed by atoms with E-state index in [2.05, 4.69) is 94.2 Å². The highest BCUT2D eigenvalue weighted by atomic mass is 127. The van der Waals surface area contributed by atoms with E-state index in [-0.39, 0.29) is 23.5 Å². The molecule has 18 nitrogen and oxygen atoms in total. The molecule has 0 fully saturated rings. The van der Waals surface area contributed by atoms with Gasteiger partial charge in [-0.05, 0) is 123 Å². The van der Waals surface area contributed by atoms with Crippen molar-refractivity contribution in [3.63, 3.8) is 0 Å². The molecule has 0 radical (unpaired) electrons. The number of rotatable bonds is 8. The van der Waals surface area contributed by atoms with Crippen LogP contribution >= 0.6 is 38.5 Å². The fraction of sp³-hybridized carbons (Fsp3) is 0.0308. The van der Waals surface area contributed by atoms with Crippen LogP contribution in [-0.4, -0.2) is 65.2 Å². The Kier molecular flexibility index (Phi) is 14.9. The molecule has 0 aliphatic carbocycles. The first-order chi connectivity index (χ1) is 41.3. The Morgan fingerprint density at radius 3 is 1.39 bits per heavy atom. The van der Waals surface area contributed by atoms with Crippen LogP contribution in [0.3, 0.4) is 0 Å². The maximum Gasteiger partial charge on any atom is 0.256 e. The number of para-hydroxylation sites is 5. The van der Waals surface area contributed by atoms with Crippen molar-refractivity contribution in [1.29, 1.82) is 0 Å². The number of benzene rings is 8. The third-order valence-corrected chi connectivity index (χ3v) is 15.8. The zero-order valence-electron chi connectivity index (χ0n) is 44.9. The van der Waals surface area contributed by atoms with E-state index in [1.807, 2.05) is 202 Å². The normalized spacial score (nSPS) is 12.2. The van der Waals surface area contributed by atoms with E-state index >= 15 is 0 Å². The van der Waals surface area contributed by atoms with Crippen LogP contribution in [0.4, 0.5) is 28.4 Å². The van der Waals surface area contributed by atoms with E-state index in [9.17, 15) is 34.8 Å². The highest BCUT2D eigenvalue weighted by molar-refractivity contribution is 14.1. The van der Waals surface area contributed by atoms with Crippen molar-refractivity contribution in [3.05, 3.63) is 216 Å². The average Bonchev–Trinajstić information content (AvgIpc) is 2.53. The first-order valence-electron chi connectivity index (χ1n) is 26.4. The second-order valence-electron chi connectivity index (χ2n) is 20.0. The number of H-pyrrole nitrogens is 6. The van der Waals surface area contributed by atoms with E-state index in [4.69, 9.17) is 0 Å². The van der Waals surface area contributed by atoms with Crippen molar-refractivity contribution in [3.8, 4) is 51.4 Å². The van der Waals surface area contributed by atoms with Crippen molar-refractivity contribution in [1.82, 2.24) is 29.9 Å². The van der Waals surface area contributed by atoms with Gasteiger partial charge in [-0.1, -0.05) is 125 Å². The Morgan fingerprint density at radius 1 is 0.459 bits per heavy atom. The monoisotopic (exact) mass is 1300 g/mol. The lowest BCUT2D eigenvalue weighted by Crippen LogP contribution is -2.08. The van der Waals surface area contributed by atoms with Crippen LogP contribution in [0.1, 0.15) is 11.1 Å². The lowest BCUT2D eigenvalue weighted by atomic mass is 10.0. The molecular weight excluding hydrogens is 1250 g/mol. The number of carbonyl (C=O) groups excluding carboxylic acids is 1. The molecule has 14 aromatic rings. The second-order valence-corrected chi connectivity index (χ2v) is 22.1.